The molecule has 0 fully saturated rings. The van der Waals surface area contributed by atoms with Gasteiger partial charge in [-0.1, -0.05) is 12.1 Å². The smallest absolute Gasteiger partial charge is 0.131 e. The molecule has 0 saturated heterocycles. The van der Waals surface area contributed by atoms with Crippen LogP contribution in [-0.4, -0.2) is 18.6 Å². The number of aromatic nitrogens is 1. The predicted octanol–water partition coefficient (Wildman–Crippen LogP) is 2.76. The minimum absolute atomic E-state index is 0.468. The van der Waals surface area contributed by atoms with Crippen LogP contribution in [0.25, 0.3) is 5.57 Å². The van der Waals surface area contributed by atoms with Crippen molar-refractivity contribution in [2.24, 2.45) is 5.73 Å². The molecule has 0 radical (unpaired) electrons. The maximum atomic E-state index is 5.89. The van der Waals surface area contributed by atoms with Crippen LogP contribution in [0.5, 0.6) is 11.5 Å². The monoisotopic (exact) mass is 282 g/mol. The fourth-order valence-electron chi connectivity index (χ4n) is 2.51. The second-order valence-corrected chi connectivity index (χ2v) is 4.84. The molecule has 21 heavy (non-hydrogen) atoms. The molecule has 3 rings (SSSR count). The predicted molar refractivity (Wildman–Crippen MR) is 82.3 cm³/mol. The molecule has 2 heterocycles. The van der Waals surface area contributed by atoms with Crippen molar-refractivity contribution in [3.8, 4) is 11.5 Å². The molecular weight excluding hydrogens is 264 g/mol. The first kappa shape index (κ1) is 13.6. The SMILES string of the molecule is COc1ccc2c(c1)C(=CCCN)c1cccnc1CO2. The highest BCUT2D eigenvalue weighted by atomic mass is 16.5. The van der Waals surface area contributed by atoms with Crippen LogP contribution in [0.2, 0.25) is 0 Å². The molecule has 4 nitrogen and oxygen atoms in total. The molecule has 108 valence electrons. The number of methoxy groups -OCH3 is 1. The lowest BCUT2D eigenvalue weighted by atomic mass is 9.95. The number of pyridine rings is 1. The van der Waals surface area contributed by atoms with E-state index in [1.54, 1.807) is 13.3 Å². The van der Waals surface area contributed by atoms with Gasteiger partial charge in [0.05, 0.1) is 12.8 Å². The third-order valence-corrected chi connectivity index (χ3v) is 3.54. The van der Waals surface area contributed by atoms with E-state index in [-0.39, 0.29) is 0 Å². The fourth-order valence-corrected chi connectivity index (χ4v) is 2.51. The summed E-state index contributed by atoms with van der Waals surface area (Å²) in [5.41, 5.74) is 9.83. The molecule has 4 heteroatoms. The number of hydrogen-bond donors (Lipinski definition) is 1. The van der Waals surface area contributed by atoms with E-state index in [9.17, 15) is 0 Å². The quantitative estimate of drug-likeness (QED) is 0.940. The average molecular weight is 282 g/mol. The summed E-state index contributed by atoms with van der Waals surface area (Å²) in [7, 11) is 1.66. The highest BCUT2D eigenvalue weighted by Gasteiger charge is 2.20. The van der Waals surface area contributed by atoms with E-state index in [0.717, 1.165) is 40.3 Å². The first-order chi connectivity index (χ1) is 10.3. The number of hydrogen-bond acceptors (Lipinski definition) is 4. The van der Waals surface area contributed by atoms with Gasteiger partial charge in [0.25, 0.3) is 0 Å². The first-order valence-electron chi connectivity index (χ1n) is 6.99. The van der Waals surface area contributed by atoms with Crippen LogP contribution in [-0.2, 0) is 6.61 Å². The van der Waals surface area contributed by atoms with Crippen molar-refractivity contribution in [2.75, 3.05) is 13.7 Å². The molecule has 0 bridgehead atoms. The largest absolute Gasteiger partial charge is 0.497 e. The molecule has 0 spiro atoms. The van der Waals surface area contributed by atoms with E-state index in [1.807, 2.05) is 24.3 Å². The highest BCUT2D eigenvalue weighted by molar-refractivity contribution is 5.85. The maximum absolute atomic E-state index is 5.89. The Morgan fingerprint density at radius 2 is 2.24 bits per heavy atom. The van der Waals surface area contributed by atoms with Crippen molar-refractivity contribution in [1.82, 2.24) is 4.98 Å². The van der Waals surface area contributed by atoms with E-state index in [4.69, 9.17) is 15.2 Å². The Bertz CT molecular complexity index is 680. The Morgan fingerprint density at radius 1 is 1.33 bits per heavy atom. The second-order valence-electron chi connectivity index (χ2n) is 4.84. The minimum Gasteiger partial charge on any atom is -0.497 e. The minimum atomic E-state index is 0.468. The van der Waals surface area contributed by atoms with Gasteiger partial charge in [-0.25, -0.2) is 0 Å². The number of benzene rings is 1. The average Bonchev–Trinajstić information content (AvgIpc) is 2.69. The summed E-state index contributed by atoms with van der Waals surface area (Å²) in [5, 5.41) is 0. The van der Waals surface area contributed by atoms with E-state index < -0.39 is 0 Å². The third kappa shape index (κ3) is 2.62. The Balaban J connectivity index is 2.19. The molecule has 2 N–H and O–H groups in total. The van der Waals surface area contributed by atoms with Crippen LogP contribution >= 0.6 is 0 Å². The summed E-state index contributed by atoms with van der Waals surface area (Å²) < 4.78 is 11.2. The molecule has 0 atom stereocenters. The molecule has 0 amide bonds. The number of rotatable bonds is 3. The van der Waals surface area contributed by atoms with Gasteiger partial charge in [-0.05, 0) is 42.8 Å². The van der Waals surface area contributed by atoms with Gasteiger partial charge in [-0.3, -0.25) is 4.98 Å². The topological polar surface area (TPSA) is 57.4 Å². The van der Waals surface area contributed by atoms with Gasteiger partial charge in [-0.2, -0.15) is 0 Å². The lowest BCUT2D eigenvalue weighted by Gasteiger charge is -2.11. The van der Waals surface area contributed by atoms with Crippen LogP contribution in [0.1, 0.15) is 23.2 Å². The van der Waals surface area contributed by atoms with Crippen LogP contribution in [0.3, 0.4) is 0 Å². The third-order valence-electron chi connectivity index (χ3n) is 3.54. The Kier molecular flexibility index (Phi) is 3.88. The Labute approximate surface area is 124 Å². The Morgan fingerprint density at radius 3 is 3.05 bits per heavy atom. The molecule has 1 aliphatic rings. The number of nitrogens with two attached hydrogens (primary N) is 1. The van der Waals surface area contributed by atoms with Crippen molar-refractivity contribution >= 4 is 5.57 Å². The highest BCUT2D eigenvalue weighted by Crippen LogP contribution is 2.38. The van der Waals surface area contributed by atoms with Crippen molar-refractivity contribution in [2.45, 2.75) is 13.0 Å². The van der Waals surface area contributed by atoms with Crippen LogP contribution in [0.4, 0.5) is 0 Å². The number of fused-ring (bicyclic) bond motifs is 2. The zero-order valence-electron chi connectivity index (χ0n) is 12.0. The lowest BCUT2D eigenvalue weighted by Crippen LogP contribution is -1.99. The van der Waals surface area contributed by atoms with Gasteiger partial charge < -0.3 is 15.2 Å². The summed E-state index contributed by atoms with van der Waals surface area (Å²) in [4.78, 5) is 4.43. The van der Waals surface area contributed by atoms with Crippen LogP contribution < -0.4 is 15.2 Å². The zero-order chi connectivity index (χ0) is 14.7. The van der Waals surface area contributed by atoms with Gasteiger partial charge in [0.2, 0.25) is 0 Å². The molecule has 0 saturated carbocycles. The summed E-state index contributed by atoms with van der Waals surface area (Å²) in [6.07, 6.45) is 4.74. The number of nitrogens with zero attached hydrogens (tertiary/aromatic N) is 1. The van der Waals surface area contributed by atoms with Gasteiger partial charge >= 0.3 is 0 Å². The van der Waals surface area contributed by atoms with E-state index in [2.05, 4.69) is 17.1 Å². The van der Waals surface area contributed by atoms with Crippen LogP contribution in [0, 0.1) is 0 Å². The second kappa shape index (κ2) is 5.97. The van der Waals surface area contributed by atoms with E-state index >= 15 is 0 Å². The van der Waals surface area contributed by atoms with Gasteiger partial charge in [0.15, 0.2) is 0 Å². The summed E-state index contributed by atoms with van der Waals surface area (Å²) in [6, 6.07) is 9.86. The maximum Gasteiger partial charge on any atom is 0.131 e. The molecule has 1 aromatic carbocycles. The molecule has 1 aliphatic heterocycles. The standard InChI is InChI=1S/C17H18N2O2/c1-20-12-6-7-17-15(10-12)13(4-2-8-18)14-5-3-9-19-16(14)11-21-17/h3-7,9-10H,2,8,11,18H2,1H3. The lowest BCUT2D eigenvalue weighted by molar-refractivity contribution is 0.302. The normalized spacial score (nSPS) is 14.9. The van der Waals surface area contributed by atoms with Crippen LogP contribution in [0.15, 0.2) is 42.6 Å². The molecule has 0 unspecified atom stereocenters. The number of ether oxygens (including phenoxy) is 2. The van der Waals surface area contributed by atoms with Gasteiger partial charge in [0.1, 0.15) is 18.1 Å². The zero-order valence-corrected chi connectivity index (χ0v) is 12.0. The van der Waals surface area contributed by atoms with Crippen molar-refractivity contribution in [1.29, 1.82) is 0 Å². The fraction of sp³-hybridized carbons (Fsp3) is 0.235. The summed E-state index contributed by atoms with van der Waals surface area (Å²) >= 11 is 0. The molecule has 2 aromatic rings. The van der Waals surface area contributed by atoms with E-state index in [0.29, 0.717) is 13.2 Å². The van der Waals surface area contributed by atoms with Gasteiger partial charge in [0, 0.05) is 17.3 Å². The van der Waals surface area contributed by atoms with Crippen molar-refractivity contribution in [3.63, 3.8) is 0 Å². The van der Waals surface area contributed by atoms with Crippen molar-refractivity contribution in [3.05, 3.63) is 59.4 Å². The molecule has 1 aromatic heterocycles. The van der Waals surface area contributed by atoms with Crippen molar-refractivity contribution < 1.29 is 9.47 Å². The Hall–Kier alpha value is -2.33. The summed E-state index contributed by atoms with van der Waals surface area (Å²) in [6.45, 7) is 1.08. The molecule has 0 aliphatic carbocycles. The summed E-state index contributed by atoms with van der Waals surface area (Å²) in [5.74, 6) is 1.65. The molecular formula is C17H18N2O2. The van der Waals surface area contributed by atoms with E-state index in [1.165, 1.54) is 0 Å². The first-order valence-corrected chi connectivity index (χ1v) is 6.99. The van der Waals surface area contributed by atoms with Gasteiger partial charge in [-0.15, -0.1) is 0 Å².